The number of aryl methyl sites for hydroxylation is 1. The maximum Gasteiger partial charge on any atom is 0.161 e. The van der Waals surface area contributed by atoms with Crippen LogP contribution in [0.1, 0.15) is 18.9 Å². The van der Waals surface area contributed by atoms with Crippen LogP contribution in [-0.4, -0.2) is 14.5 Å². The van der Waals surface area contributed by atoms with Crippen LogP contribution < -0.4 is 0 Å². The Bertz CT molecular complexity index is 2540. The third-order valence-electron chi connectivity index (χ3n) is 9.10. The normalized spacial score (nSPS) is 11.7. The highest BCUT2D eigenvalue weighted by molar-refractivity contribution is 7.26. The first-order valence-electron chi connectivity index (χ1n) is 16.2. The van der Waals surface area contributed by atoms with E-state index in [1.807, 2.05) is 11.3 Å². The molecule has 3 aromatic heterocycles. The summed E-state index contributed by atoms with van der Waals surface area (Å²) < 4.78 is 4.86. The molecule has 0 saturated heterocycles. The molecule has 0 aliphatic heterocycles. The van der Waals surface area contributed by atoms with Crippen LogP contribution in [0, 0.1) is 0 Å². The Kier molecular flexibility index (Phi) is 6.69. The highest BCUT2D eigenvalue weighted by atomic mass is 32.1. The van der Waals surface area contributed by atoms with Crippen molar-refractivity contribution in [3.63, 3.8) is 0 Å². The maximum absolute atomic E-state index is 5.35. The first kappa shape index (κ1) is 27.7. The van der Waals surface area contributed by atoms with E-state index in [2.05, 4.69) is 157 Å². The van der Waals surface area contributed by atoms with Crippen molar-refractivity contribution >= 4 is 53.3 Å². The number of benzene rings is 6. The first-order valence-corrected chi connectivity index (χ1v) is 17.0. The lowest BCUT2D eigenvalue weighted by Gasteiger charge is -2.14. The average Bonchev–Trinajstić information content (AvgIpc) is 3.68. The second-order valence-electron chi connectivity index (χ2n) is 12.1. The van der Waals surface area contributed by atoms with Gasteiger partial charge in [0.1, 0.15) is 0 Å². The standard InChI is InChI=1S/C43H31N3S/c1-2-13-28-14-12-17-30(24-28)38-27-37(29-15-4-3-5-16-29)44-43(45-38)36-26-31(25-35-34-20-8-11-23-41(34)47-42(35)36)46-39-21-9-6-18-32(39)33-19-7-10-22-40(33)46/h3-12,14-27H,2,13H2,1H3. The van der Waals surface area contributed by atoms with Gasteiger partial charge in [0, 0.05) is 53.3 Å². The highest BCUT2D eigenvalue weighted by Crippen LogP contribution is 2.43. The Morgan fingerprint density at radius 2 is 1.19 bits per heavy atom. The van der Waals surface area contributed by atoms with Gasteiger partial charge in [0.2, 0.25) is 0 Å². The van der Waals surface area contributed by atoms with Crippen molar-refractivity contribution in [1.82, 2.24) is 14.5 Å². The van der Waals surface area contributed by atoms with E-state index < -0.39 is 0 Å². The van der Waals surface area contributed by atoms with E-state index in [9.17, 15) is 0 Å². The van der Waals surface area contributed by atoms with E-state index in [0.29, 0.717) is 0 Å². The summed E-state index contributed by atoms with van der Waals surface area (Å²) in [5.41, 5.74) is 9.89. The monoisotopic (exact) mass is 621 g/mol. The quantitative estimate of drug-likeness (QED) is 0.185. The molecule has 0 spiro atoms. The average molecular weight is 622 g/mol. The molecule has 0 atom stereocenters. The lowest BCUT2D eigenvalue weighted by atomic mass is 10.0. The van der Waals surface area contributed by atoms with E-state index >= 15 is 0 Å². The number of aromatic nitrogens is 3. The molecule has 0 bridgehead atoms. The molecule has 3 heterocycles. The molecular formula is C43H31N3S. The second kappa shape index (κ2) is 11.3. The van der Waals surface area contributed by atoms with Gasteiger partial charge in [-0.15, -0.1) is 11.3 Å². The molecule has 224 valence electrons. The number of nitrogens with zero attached hydrogens (tertiary/aromatic N) is 3. The summed E-state index contributed by atoms with van der Waals surface area (Å²) in [5, 5.41) is 4.97. The molecule has 3 nitrogen and oxygen atoms in total. The summed E-state index contributed by atoms with van der Waals surface area (Å²) in [5.74, 6) is 0.737. The minimum Gasteiger partial charge on any atom is -0.309 e. The molecule has 0 aliphatic rings. The van der Waals surface area contributed by atoms with Crippen molar-refractivity contribution in [2.75, 3.05) is 0 Å². The lowest BCUT2D eigenvalue weighted by molar-refractivity contribution is 0.922. The van der Waals surface area contributed by atoms with Gasteiger partial charge >= 0.3 is 0 Å². The fourth-order valence-electron chi connectivity index (χ4n) is 6.95. The molecule has 0 N–H and O–H groups in total. The van der Waals surface area contributed by atoms with Crippen molar-refractivity contribution in [3.05, 3.63) is 151 Å². The van der Waals surface area contributed by atoms with Gasteiger partial charge in [0.05, 0.1) is 22.4 Å². The van der Waals surface area contributed by atoms with Gasteiger partial charge in [-0.05, 0) is 54.4 Å². The zero-order chi connectivity index (χ0) is 31.3. The molecule has 0 unspecified atom stereocenters. The third-order valence-corrected chi connectivity index (χ3v) is 10.3. The highest BCUT2D eigenvalue weighted by Gasteiger charge is 2.20. The lowest BCUT2D eigenvalue weighted by Crippen LogP contribution is -1.99. The van der Waals surface area contributed by atoms with Crippen molar-refractivity contribution in [1.29, 1.82) is 0 Å². The molecule has 0 saturated carbocycles. The van der Waals surface area contributed by atoms with Gasteiger partial charge in [-0.2, -0.15) is 0 Å². The van der Waals surface area contributed by atoms with Gasteiger partial charge in [0.25, 0.3) is 0 Å². The number of hydrogen-bond donors (Lipinski definition) is 0. The summed E-state index contributed by atoms with van der Waals surface area (Å²) in [6.07, 6.45) is 2.15. The summed E-state index contributed by atoms with van der Waals surface area (Å²) in [6.45, 7) is 2.23. The minimum absolute atomic E-state index is 0.737. The number of fused-ring (bicyclic) bond motifs is 6. The zero-order valence-electron chi connectivity index (χ0n) is 26.0. The first-order chi connectivity index (χ1) is 23.2. The topological polar surface area (TPSA) is 30.7 Å². The predicted octanol–water partition coefficient (Wildman–Crippen LogP) is 11.9. The van der Waals surface area contributed by atoms with Gasteiger partial charge in [0.15, 0.2) is 5.82 Å². The Labute approximate surface area is 277 Å². The van der Waals surface area contributed by atoms with E-state index in [4.69, 9.17) is 9.97 Å². The van der Waals surface area contributed by atoms with Crippen molar-refractivity contribution in [2.45, 2.75) is 19.8 Å². The Balaban J connectivity index is 1.37. The summed E-state index contributed by atoms with van der Waals surface area (Å²) in [4.78, 5) is 10.7. The van der Waals surface area contributed by atoms with Crippen LogP contribution in [0.25, 0.3) is 81.6 Å². The van der Waals surface area contributed by atoms with Crippen LogP contribution in [0.3, 0.4) is 0 Å². The molecule has 0 aliphatic carbocycles. The van der Waals surface area contributed by atoms with Crippen LogP contribution in [0.2, 0.25) is 0 Å². The minimum atomic E-state index is 0.737. The number of hydrogen-bond acceptors (Lipinski definition) is 3. The molecule has 6 aromatic carbocycles. The SMILES string of the molecule is CCCc1cccc(-c2cc(-c3ccccc3)nc(-c3cc(-n4c5ccccc5c5ccccc54)cc4c3sc3ccccc34)n2)c1. The van der Waals surface area contributed by atoms with E-state index in [1.54, 1.807) is 0 Å². The number of para-hydroxylation sites is 2. The van der Waals surface area contributed by atoms with Crippen molar-refractivity contribution < 1.29 is 0 Å². The van der Waals surface area contributed by atoms with Gasteiger partial charge in [-0.3, -0.25) is 0 Å². The third kappa shape index (κ3) is 4.72. The Hall–Kier alpha value is -5.58. The van der Waals surface area contributed by atoms with Gasteiger partial charge in [-0.1, -0.05) is 116 Å². The maximum atomic E-state index is 5.35. The Morgan fingerprint density at radius 1 is 0.553 bits per heavy atom. The second-order valence-corrected chi connectivity index (χ2v) is 13.2. The van der Waals surface area contributed by atoms with Crippen molar-refractivity contribution in [3.8, 4) is 39.6 Å². The number of rotatable bonds is 6. The van der Waals surface area contributed by atoms with E-state index in [0.717, 1.165) is 52.4 Å². The van der Waals surface area contributed by atoms with E-state index in [-0.39, 0.29) is 0 Å². The predicted molar refractivity (Wildman–Crippen MR) is 200 cm³/mol. The van der Waals surface area contributed by atoms with Crippen molar-refractivity contribution in [2.24, 2.45) is 0 Å². The number of thiophene rings is 1. The van der Waals surface area contributed by atoms with Crippen LogP contribution in [0.15, 0.2) is 146 Å². The summed E-state index contributed by atoms with van der Waals surface area (Å²) in [7, 11) is 0. The molecule has 0 amide bonds. The smallest absolute Gasteiger partial charge is 0.161 e. The van der Waals surface area contributed by atoms with E-state index in [1.165, 1.54) is 47.5 Å². The molecule has 47 heavy (non-hydrogen) atoms. The summed E-state index contributed by atoms with van der Waals surface area (Å²) in [6, 6.07) is 52.2. The molecular weight excluding hydrogens is 591 g/mol. The van der Waals surface area contributed by atoms with Gasteiger partial charge in [-0.25, -0.2) is 9.97 Å². The fourth-order valence-corrected chi connectivity index (χ4v) is 8.15. The van der Waals surface area contributed by atoms with Gasteiger partial charge < -0.3 is 4.57 Å². The molecule has 9 aromatic rings. The largest absolute Gasteiger partial charge is 0.309 e. The van der Waals surface area contributed by atoms with Crippen LogP contribution in [-0.2, 0) is 6.42 Å². The Morgan fingerprint density at radius 3 is 1.94 bits per heavy atom. The van der Waals surface area contributed by atoms with Crippen LogP contribution >= 0.6 is 11.3 Å². The molecule has 9 rings (SSSR count). The van der Waals surface area contributed by atoms with Crippen LogP contribution in [0.5, 0.6) is 0 Å². The molecule has 0 radical (unpaired) electrons. The summed E-state index contributed by atoms with van der Waals surface area (Å²) >= 11 is 1.82. The molecule has 0 fully saturated rings. The van der Waals surface area contributed by atoms with Crippen LogP contribution in [0.4, 0.5) is 0 Å². The zero-order valence-corrected chi connectivity index (χ0v) is 26.8. The fraction of sp³-hybridized carbons (Fsp3) is 0.0698. The molecule has 4 heteroatoms.